The molecule has 1 fully saturated rings. The number of amides is 2. The number of ether oxygens (including phenoxy) is 2. The van der Waals surface area contributed by atoms with Gasteiger partial charge in [-0.3, -0.25) is 9.59 Å². The monoisotopic (exact) mass is 386 g/mol. The summed E-state index contributed by atoms with van der Waals surface area (Å²) in [5.74, 6) is 1.25. The van der Waals surface area contributed by atoms with Crippen molar-refractivity contribution in [2.75, 3.05) is 6.79 Å². The van der Waals surface area contributed by atoms with E-state index in [0.29, 0.717) is 36.7 Å². The Hall–Kier alpha value is -3.07. The molecule has 148 valence electrons. The van der Waals surface area contributed by atoms with Gasteiger partial charge in [-0.1, -0.05) is 6.07 Å². The third-order valence-electron chi connectivity index (χ3n) is 5.03. The number of carbonyl (C=O) groups excluding carboxylic acids is 2. The average Bonchev–Trinajstić information content (AvgIpc) is 3.41. The first kappa shape index (κ1) is 18.3. The summed E-state index contributed by atoms with van der Waals surface area (Å²) in [4.78, 5) is 31.6. The number of hydrogen-bond acceptors (Lipinski definition) is 6. The summed E-state index contributed by atoms with van der Waals surface area (Å²) in [7, 11) is 0. The molecule has 1 aliphatic heterocycles. The quantitative estimate of drug-likeness (QED) is 0.564. The summed E-state index contributed by atoms with van der Waals surface area (Å²) < 4.78 is 10.6. The Labute approximate surface area is 161 Å². The van der Waals surface area contributed by atoms with Crippen LogP contribution in [-0.4, -0.2) is 45.8 Å². The zero-order valence-electron chi connectivity index (χ0n) is 15.2. The lowest BCUT2D eigenvalue weighted by molar-refractivity contribution is -0.125. The lowest BCUT2D eigenvalue weighted by Crippen LogP contribution is -2.40. The minimum absolute atomic E-state index is 0.150. The van der Waals surface area contributed by atoms with E-state index in [1.807, 2.05) is 6.07 Å². The highest BCUT2D eigenvalue weighted by atomic mass is 16.7. The first-order valence-electron chi connectivity index (χ1n) is 9.20. The van der Waals surface area contributed by atoms with Gasteiger partial charge in [-0.2, -0.15) is 0 Å². The fourth-order valence-corrected chi connectivity index (χ4v) is 3.59. The summed E-state index contributed by atoms with van der Waals surface area (Å²) in [6.45, 7) is 0.488. The summed E-state index contributed by atoms with van der Waals surface area (Å²) >= 11 is 0. The largest absolute Gasteiger partial charge is 0.454 e. The molecule has 4 rings (SSSR count). The van der Waals surface area contributed by atoms with E-state index in [0.717, 1.165) is 5.56 Å². The first-order chi connectivity index (χ1) is 13.6. The molecule has 9 nitrogen and oxygen atoms in total. The summed E-state index contributed by atoms with van der Waals surface area (Å²) in [6.07, 6.45) is 3.44. The van der Waals surface area contributed by atoms with Crippen LogP contribution in [0.1, 0.15) is 24.2 Å². The predicted octanol–water partition coefficient (Wildman–Crippen LogP) is 0.253. The third-order valence-corrected chi connectivity index (χ3v) is 5.03. The van der Waals surface area contributed by atoms with Crippen LogP contribution < -0.4 is 20.1 Å². The van der Waals surface area contributed by atoms with E-state index in [4.69, 9.17) is 9.47 Å². The minimum Gasteiger partial charge on any atom is -0.454 e. The Morgan fingerprint density at radius 1 is 1.25 bits per heavy atom. The molecule has 1 aliphatic carbocycles. The Morgan fingerprint density at radius 2 is 2.11 bits per heavy atom. The van der Waals surface area contributed by atoms with Gasteiger partial charge < -0.3 is 30.2 Å². The van der Waals surface area contributed by atoms with Crippen LogP contribution in [0.15, 0.2) is 30.6 Å². The number of hydrogen-bond donors (Lipinski definition) is 4. The predicted molar refractivity (Wildman–Crippen MR) is 97.4 cm³/mol. The molecule has 2 aliphatic rings. The molecule has 0 bridgehead atoms. The van der Waals surface area contributed by atoms with Crippen LogP contribution in [0.25, 0.3) is 0 Å². The van der Waals surface area contributed by atoms with Gasteiger partial charge in [0.1, 0.15) is 5.82 Å². The second kappa shape index (κ2) is 7.89. The van der Waals surface area contributed by atoms with Crippen molar-refractivity contribution in [2.45, 2.75) is 38.0 Å². The highest BCUT2D eigenvalue weighted by molar-refractivity contribution is 5.81. The number of aliphatic hydroxyl groups excluding tert-OH is 1. The van der Waals surface area contributed by atoms with E-state index in [1.54, 1.807) is 24.5 Å². The lowest BCUT2D eigenvalue weighted by Gasteiger charge is -2.16. The maximum absolute atomic E-state index is 12.4. The number of aromatic nitrogens is 2. The smallest absolute Gasteiger partial charge is 0.231 e. The van der Waals surface area contributed by atoms with Crippen molar-refractivity contribution in [2.24, 2.45) is 5.92 Å². The number of aliphatic hydroxyl groups is 1. The van der Waals surface area contributed by atoms with Gasteiger partial charge in [0.05, 0.1) is 25.1 Å². The number of rotatable bonds is 6. The fraction of sp³-hybridized carbons (Fsp3) is 0.421. The van der Waals surface area contributed by atoms with E-state index in [-0.39, 0.29) is 30.9 Å². The van der Waals surface area contributed by atoms with Crippen molar-refractivity contribution < 1.29 is 24.2 Å². The first-order valence-corrected chi connectivity index (χ1v) is 9.20. The van der Waals surface area contributed by atoms with Crippen LogP contribution in [0.4, 0.5) is 0 Å². The number of nitrogens with zero attached hydrogens (tertiary/aromatic N) is 1. The SMILES string of the molecule is O=C(Cc1ccc2c(c1)OCO2)N[C@H]1C[C@H](C(=O)NCc2ncc[nH]2)C[C@@H]1O. The van der Waals surface area contributed by atoms with Gasteiger partial charge >= 0.3 is 0 Å². The van der Waals surface area contributed by atoms with Gasteiger partial charge in [-0.05, 0) is 30.5 Å². The Morgan fingerprint density at radius 3 is 2.93 bits per heavy atom. The van der Waals surface area contributed by atoms with Crippen LogP contribution in [0.3, 0.4) is 0 Å². The standard InChI is InChI=1S/C19H22N4O5/c24-14-8-12(19(26)22-9-17-20-3-4-21-17)7-13(14)23-18(25)6-11-1-2-15-16(5-11)28-10-27-15/h1-5,12-14,24H,6-10H2,(H,20,21)(H,22,26)(H,23,25)/t12-,13-,14-/m0/s1. The lowest BCUT2D eigenvalue weighted by atomic mass is 10.1. The molecular weight excluding hydrogens is 364 g/mol. The molecule has 9 heteroatoms. The number of H-pyrrole nitrogens is 1. The molecule has 0 radical (unpaired) electrons. The highest BCUT2D eigenvalue weighted by Gasteiger charge is 2.37. The van der Waals surface area contributed by atoms with Gasteiger partial charge in [0.25, 0.3) is 0 Å². The topological polar surface area (TPSA) is 126 Å². The summed E-state index contributed by atoms with van der Waals surface area (Å²) in [6, 6.07) is 4.91. The molecule has 0 spiro atoms. The molecule has 3 atom stereocenters. The Kier molecular flexibility index (Phi) is 5.16. The Bertz CT molecular complexity index is 854. The van der Waals surface area contributed by atoms with E-state index in [1.165, 1.54) is 0 Å². The van der Waals surface area contributed by atoms with E-state index in [2.05, 4.69) is 20.6 Å². The molecule has 1 aromatic heterocycles. The van der Waals surface area contributed by atoms with E-state index in [9.17, 15) is 14.7 Å². The zero-order valence-corrected chi connectivity index (χ0v) is 15.2. The molecular formula is C19H22N4O5. The minimum atomic E-state index is -0.750. The van der Waals surface area contributed by atoms with Crippen molar-refractivity contribution in [3.8, 4) is 11.5 Å². The molecule has 0 unspecified atom stereocenters. The summed E-state index contributed by atoms with van der Waals surface area (Å²) in [5, 5.41) is 15.9. The fourth-order valence-electron chi connectivity index (χ4n) is 3.59. The van der Waals surface area contributed by atoms with Crippen molar-refractivity contribution in [3.63, 3.8) is 0 Å². The van der Waals surface area contributed by atoms with Crippen LogP contribution in [-0.2, 0) is 22.6 Å². The highest BCUT2D eigenvalue weighted by Crippen LogP contribution is 2.32. The van der Waals surface area contributed by atoms with Crippen LogP contribution in [0, 0.1) is 5.92 Å². The molecule has 1 saturated carbocycles. The molecule has 28 heavy (non-hydrogen) atoms. The molecule has 1 aromatic carbocycles. The maximum Gasteiger partial charge on any atom is 0.231 e. The van der Waals surface area contributed by atoms with E-state index >= 15 is 0 Å². The average molecular weight is 386 g/mol. The second-order valence-electron chi connectivity index (χ2n) is 7.03. The van der Waals surface area contributed by atoms with Crippen molar-refractivity contribution in [1.29, 1.82) is 0 Å². The summed E-state index contributed by atoms with van der Waals surface area (Å²) in [5.41, 5.74) is 0.793. The van der Waals surface area contributed by atoms with Gasteiger partial charge in [-0.15, -0.1) is 0 Å². The zero-order chi connectivity index (χ0) is 19.5. The molecule has 2 amide bonds. The third kappa shape index (κ3) is 4.09. The van der Waals surface area contributed by atoms with Gasteiger partial charge in [0.15, 0.2) is 11.5 Å². The number of imidazole rings is 1. The number of benzene rings is 1. The number of aromatic amines is 1. The van der Waals surface area contributed by atoms with Crippen LogP contribution in [0.5, 0.6) is 11.5 Å². The van der Waals surface area contributed by atoms with Gasteiger partial charge in [-0.25, -0.2) is 4.98 Å². The second-order valence-corrected chi connectivity index (χ2v) is 7.03. The Balaban J connectivity index is 1.27. The molecule has 2 aromatic rings. The van der Waals surface area contributed by atoms with Crippen LogP contribution >= 0.6 is 0 Å². The van der Waals surface area contributed by atoms with Crippen molar-refractivity contribution in [3.05, 3.63) is 42.0 Å². The van der Waals surface area contributed by atoms with E-state index < -0.39 is 12.1 Å². The van der Waals surface area contributed by atoms with Gasteiger partial charge in [0, 0.05) is 18.3 Å². The maximum atomic E-state index is 12.4. The van der Waals surface area contributed by atoms with Crippen molar-refractivity contribution in [1.82, 2.24) is 20.6 Å². The number of nitrogens with one attached hydrogen (secondary N) is 3. The van der Waals surface area contributed by atoms with Crippen molar-refractivity contribution >= 4 is 11.8 Å². The molecule has 4 N–H and O–H groups in total. The van der Waals surface area contributed by atoms with Crippen LogP contribution in [0.2, 0.25) is 0 Å². The number of carbonyl (C=O) groups is 2. The van der Waals surface area contributed by atoms with Gasteiger partial charge in [0.2, 0.25) is 18.6 Å². The molecule has 2 heterocycles. The number of fused-ring (bicyclic) bond motifs is 1. The normalized spacial score (nSPS) is 22.8. The molecule has 0 saturated heterocycles.